The van der Waals surface area contributed by atoms with Gasteiger partial charge in [0.05, 0.1) is 6.61 Å². The fourth-order valence-electron chi connectivity index (χ4n) is 9.76. The molecule has 40 heavy (non-hydrogen) atoms. The molecule has 0 aromatic rings. The van der Waals surface area contributed by atoms with Crippen LogP contribution in [0.3, 0.4) is 0 Å². The molecule has 4 aliphatic carbocycles. The highest BCUT2D eigenvalue weighted by Crippen LogP contribution is 2.67. The molecular weight excluding hydrogens is 498 g/mol. The van der Waals surface area contributed by atoms with Gasteiger partial charge in [-0.3, -0.25) is 0 Å². The lowest BCUT2D eigenvalue weighted by Gasteiger charge is -2.58. The number of carbonyl (C=O) groups excluding carboxylic acids is 1. The summed E-state index contributed by atoms with van der Waals surface area (Å²) in [6, 6.07) is 0. The van der Waals surface area contributed by atoms with Gasteiger partial charge in [-0.1, -0.05) is 83.5 Å². The molecule has 8 atom stereocenters. The summed E-state index contributed by atoms with van der Waals surface area (Å²) in [5.74, 6) is 5.06. The van der Waals surface area contributed by atoms with Crippen molar-refractivity contribution in [2.75, 3.05) is 13.2 Å². The van der Waals surface area contributed by atoms with Crippen LogP contribution in [-0.4, -0.2) is 25.4 Å². The molecule has 4 rings (SSSR count). The highest BCUT2D eigenvalue weighted by atomic mass is 16.7. The average Bonchev–Trinajstić information content (AvgIpc) is 3.27. The highest BCUT2D eigenvalue weighted by molar-refractivity contribution is 5.60. The van der Waals surface area contributed by atoms with E-state index in [1.807, 2.05) is 0 Å². The van der Waals surface area contributed by atoms with E-state index >= 15 is 0 Å². The minimum absolute atomic E-state index is 0.0522. The van der Waals surface area contributed by atoms with E-state index in [0.29, 0.717) is 18.6 Å². The van der Waals surface area contributed by atoms with Crippen molar-refractivity contribution in [3.8, 4) is 0 Å². The van der Waals surface area contributed by atoms with Crippen LogP contribution in [-0.2, 0) is 9.47 Å². The van der Waals surface area contributed by atoms with Crippen LogP contribution in [0, 0.1) is 46.3 Å². The standard InChI is InChI=1S/C34H57N3O3/c1-24(2)11-10-12-25(3)29-15-16-30-28-14-13-26-23-27(17-19-33(26,4)31(28)18-20-34(29,30)5)40-32(38)39-22-9-7-6-8-21-36-37-35/h13,24-25,27-31H,6-12,14-23H2,1-5H3/t25-,27+,28?,29-,30?,31?,33+,34-/m1/s1. The molecule has 0 spiro atoms. The van der Waals surface area contributed by atoms with Gasteiger partial charge in [0.2, 0.25) is 0 Å². The van der Waals surface area contributed by atoms with Gasteiger partial charge in [0.15, 0.2) is 0 Å². The third-order valence-electron chi connectivity index (χ3n) is 12.0. The van der Waals surface area contributed by atoms with Crippen LogP contribution in [0.25, 0.3) is 10.4 Å². The van der Waals surface area contributed by atoms with Gasteiger partial charge in [0, 0.05) is 17.9 Å². The number of azide groups is 1. The number of nitrogens with zero attached hydrogens (tertiary/aromatic N) is 3. The lowest BCUT2D eigenvalue weighted by molar-refractivity contribution is -0.0617. The molecule has 6 heteroatoms. The first-order valence-corrected chi connectivity index (χ1v) is 16.7. The molecule has 0 aliphatic heterocycles. The van der Waals surface area contributed by atoms with Gasteiger partial charge >= 0.3 is 6.16 Å². The number of hydrogen-bond acceptors (Lipinski definition) is 4. The number of carbonyl (C=O) groups is 1. The van der Waals surface area contributed by atoms with Crippen LogP contribution in [0.2, 0.25) is 0 Å². The van der Waals surface area contributed by atoms with Gasteiger partial charge in [-0.05, 0) is 110 Å². The molecule has 3 fully saturated rings. The van der Waals surface area contributed by atoms with E-state index in [9.17, 15) is 4.79 Å². The molecule has 3 saturated carbocycles. The summed E-state index contributed by atoms with van der Waals surface area (Å²) in [6.07, 6.45) is 19.6. The number of rotatable bonds is 13. The van der Waals surface area contributed by atoms with E-state index in [1.165, 1.54) is 51.4 Å². The lowest BCUT2D eigenvalue weighted by Crippen LogP contribution is -2.51. The van der Waals surface area contributed by atoms with Gasteiger partial charge in [-0.2, -0.15) is 0 Å². The lowest BCUT2D eigenvalue weighted by atomic mass is 9.47. The second-order valence-corrected chi connectivity index (χ2v) is 14.7. The molecule has 0 saturated heterocycles. The summed E-state index contributed by atoms with van der Waals surface area (Å²) >= 11 is 0. The van der Waals surface area contributed by atoms with E-state index in [2.05, 4.69) is 50.7 Å². The molecule has 0 aromatic heterocycles. The average molecular weight is 556 g/mol. The van der Waals surface area contributed by atoms with Crippen molar-refractivity contribution in [3.63, 3.8) is 0 Å². The Bertz CT molecular complexity index is 927. The van der Waals surface area contributed by atoms with Crippen molar-refractivity contribution in [1.82, 2.24) is 0 Å². The predicted molar refractivity (Wildman–Crippen MR) is 162 cm³/mol. The Balaban J connectivity index is 1.27. The Labute approximate surface area is 244 Å². The van der Waals surface area contributed by atoms with Gasteiger partial charge < -0.3 is 9.47 Å². The molecule has 0 N–H and O–H groups in total. The number of allylic oxidation sites excluding steroid dienone is 1. The van der Waals surface area contributed by atoms with Crippen molar-refractivity contribution in [2.24, 2.45) is 51.5 Å². The summed E-state index contributed by atoms with van der Waals surface area (Å²) in [4.78, 5) is 15.1. The Morgan fingerprint density at radius 2 is 1.82 bits per heavy atom. The Kier molecular flexibility index (Phi) is 10.9. The summed E-state index contributed by atoms with van der Waals surface area (Å²) in [6.45, 7) is 13.4. The van der Waals surface area contributed by atoms with E-state index in [1.54, 1.807) is 5.57 Å². The first kappa shape index (κ1) is 31.3. The summed E-state index contributed by atoms with van der Waals surface area (Å²) in [5.41, 5.74) is 10.7. The molecule has 226 valence electrons. The first-order valence-electron chi connectivity index (χ1n) is 16.7. The third-order valence-corrected chi connectivity index (χ3v) is 12.0. The molecule has 0 radical (unpaired) electrons. The molecular formula is C34H57N3O3. The predicted octanol–water partition coefficient (Wildman–Crippen LogP) is 10.4. The van der Waals surface area contributed by atoms with Crippen LogP contribution in [0.4, 0.5) is 4.79 Å². The van der Waals surface area contributed by atoms with Gasteiger partial charge in [-0.15, -0.1) is 0 Å². The molecule has 3 unspecified atom stereocenters. The second-order valence-electron chi connectivity index (χ2n) is 14.7. The maximum absolute atomic E-state index is 12.4. The van der Waals surface area contributed by atoms with Crippen molar-refractivity contribution < 1.29 is 14.3 Å². The van der Waals surface area contributed by atoms with E-state index in [0.717, 1.165) is 80.5 Å². The maximum atomic E-state index is 12.4. The molecule has 6 nitrogen and oxygen atoms in total. The molecule has 0 aromatic carbocycles. The Hall–Kier alpha value is -1.68. The molecule has 0 amide bonds. The topological polar surface area (TPSA) is 84.3 Å². The Morgan fingerprint density at radius 3 is 2.60 bits per heavy atom. The van der Waals surface area contributed by atoms with Crippen molar-refractivity contribution in [1.29, 1.82) is 0 Å². The van der Waals surface area contributed by atoms with Crippen LogP contribution in [0.5, 0.6) is 0 Å². The fourth-order valence-corrected chi connectivity index (χ4v) is 9.76. The van der Waals surface area contributed by atoms with Gasteiger partial charge in [0.25, 0.3) is 0 Å². The number of unbranched alkanes of at least 4 members (excludes halogenated alkanes) is 3. The van der Waals surface area contributed by atoms with Crippen LogP contribution in [0.1, 0.15) is 131 Å². The zero-order valence-corrected chi connectivity index (χ0v) is 26.2. The van der Waals surface area contributed by atoms with Gasteiger partial charge in [-0.25, -0.2) is 4.79 Å². The molecule has 4 aliphatic rings. The zero-order valence-electron chi connectivity index (χ0n) is 26.2. The largest absolute Gasteiger partial charge is 0.508 e. The second kappa shape index (κ2) is 14.0. The smallest absolute Gasteiger partial charge is 0.434 e. The SMILES string of the molecule is CC(C)CCC[C@@H](C)[C@H]1CCC2C3CC=C4C[C@@H](OC(=O)OCCCCCCN=[N+]=[N-])CC[C@]4(C)C3CC[C@@]21C. The zero-order chi connectivity index (χ0) is 28.8. The number of ether oxygens (including phenoxy) is 2. The number of hydrogen-bond donors (Lipinski definition) is 0. The normalized spacial score (nSPS) is 35.5. The van der Waals surface area contributed by atoms with Crippen molar-refractivity contribution in [3.05, 3.63) is 22.1 Å². The minimum Gasteiger partial charge on any atom is -0.434 e. The number of fused-ring (bicyclic) bond motifs is 5. The summed E-state index contributed by atoms with van der Waals surface area (Å²) in [5, 5.41) is 3.55. The van der Waals surface area contributed by atoms with Crippen molar-refractivity contribution >= 4 is 6.16 Å². The highest BCUT2D eigenvalue weighted by Gasteiger charge is 2.59. The molecule has 0 bridgehead atoms. The van der Waals surface area contributed by atoms with Crippen molar-refractivity contribution in [2.45, 2.75) is 137 Å². The quantitative estimate of drug-likeness (QED) is 0.0565. The maximum Gasteiger partial charge on any atom is 0.508 e. The monoisotopic (exact) mass is 555 g/mol. The molecule has 0 heterocycles. The van der Waals surface area contributed by atoms with Crippen LogP contribution >= 0.6 is 0 Å². The van der Waals surface area contributed by atoms with Crippen LogP contribution in [0.15, 0.2) is 16.8 Å². The third kappa shape index (κ3) is 7.02. The summed E-state index contributed by atoms with van der Waals surface area (Å²) < 4.78 is 11.2. The van der Waals surface area contributed by atoms with E-state index < -0.39 is 6.16 Å². The van der Waals surface area contributed by atoms with Crippen LogP contribution < -0.4 is 0 Å². The van der Waals surface area contributed by atoms with E-state index in [-0.39, 0.29) is 11.5 Å². The van der Waals surface area contributed by atoms with E-state index in [4.69, 9.17) is 15.0 Å². The minimum atomic E-state index is -0.509. The Morgan fingerprint density at radius 1 is 1.02 bits per heavy atom. The first-order chi connectivity index (χ1) is 19.2. The fraction of sp³-hybridized carbons (Fsp3) is 0.912. The summed E-state index contributed by atoms with van der Waals surface area (Å²) in [7, 11) is 0. The van der Waals surface area contributed by atoms with Gasteiger partial charge in [0.1, 0.15) is 6.10 Å².